The number of carboxylic acids is 1. The lowest BCUT2D eigenvalue weighted by Crippen LogP contribution is -2.38. The number of hydrogen-bond donors (Lipinski definition) is 2. The van der Waals surface area contributed by atoms with Gasteiger partial charge in [-0.05, 0) is 37.6 Å². The fourth-order valence-corrected chi connectivity index (χ4v) is 3.64. The summed E-state index contributed by atoms with van der Waals surface area (Å²) < 4.78 is 0. The first kappa shape index (κ1) is 16.3. The predicted molar refractivity (Wildman–Crippen MR) is 81.0 cm³/mol. The summed E-state index contributed by atoms with van der Waals surface area (Å²) >= 11 is 0. The van der Waals surface area contributed by atoms with Crippen molar-refractivity contribution in [2.24, 2.45) is 5.41 Å². The molecule has 0 atom stereocenters. The summed E-state index contributed by atoms with van der Waals surface area (Å²) in [6.45, 7) is 4.76. The lowest BCUT2D eigenvalue weighted by atomic mass is 9.79. The van der Waals surface area contributed by atoms with E-state index in [2.05, 4.69) is 17.1 Å². The van der Waals surface area contributed by atoms with Gasteiger partial charge in [0.25, 0.3) is 0 Å². The van der Waals surface area contributed by atoms with Crippen LogP contribution in [-0.2, 0) is 9.59 Å². The summed E-state index contributed by atoms with van der Waals surface area (Å²) in [5.41, 5.74) is -0.295. The Kier molecular flexibility index (Phi) is 5.62. The van der Waals surface area contributed by atoms with Gasteiger partial charge in [-0.1, -0.05) is 19.8 Å². The number of carbonyl (C=O) groups excluding carboxylic acids is 1. The van der Waals surface area contributed by atoms with Crippen LogP contribution in [0.4, 0.5) is 0 Å². The Bertz CT molecular complexity index is 374. The lowest BCUT2D eigenvalue weighted by Gasteiger charge is -2.26. The highest BCUT2D eigenvalue weighted by Crippen LogP contribution is 2.43. The standard InChI is InChI=1S/C16H28N2O3/c1-2-18(13-5-6-13)10-9-17-14(19)11-16(12-15(20)21)7-3-4-8-16/h13H,2-12H2,1H3,(H,17,19)(H,20,21). The van der Waals surface area contributed by atoms with Crippen LogP contribution in [0.25, 0.3) is 0 Å². The second kappa shape index (κ2) is 7.25. The second-order valence-corrected chi connectivity index (χ2v) is 6.66. The van der Waals surface area contributed by atoms with Gasteiger partial charge in [-0.3, -0.25) is 14.5 Å². The van der Waals surface area contributed by atoms with Crippen LogP contribution in [0.15, 0.2) is 0 Å². The van der Waals surface area contributed by atoms with Crippen LogP contribution in [-0.4, -0.2) is 47.6 Å². The van der Waals surface area contributed by atoms with E-state index in [0.29, 0.717) is 13.0 Å². The van der Waals surface area contributed by atoms with Crippen LogP contribution in [0, 0.1) is 5.41 Å². The van der Waals surface area contributed by atoms with Gasteiger partial charge in [0.05, 0.1) is 6.42 Å². The molecule has 0 bridgehead atoms. The highest BCUT2D eigenvalue weighted by atomic mass is 16.4. The van der Waals surface area contributed by atoms with E-state index in [1.54, 1.807) is 0 Å². The molecule has 2 aliphatic carbocycles. The molecule has 1 amide bonds. The molecule has 0 heterocycles. The SMILES string of the molecule is CCN(CCNC(=O)CC1(CC(=O)O)CCCC1)C1CC1. The van der Waals surface area contributed by atoms with Crippen LogP contribution < -0.4 is 5.32 Å². The largest absolute Gasteiger partial charge is 0.481 e. The van der Waals surface area contributed by atoms with E-state index < -0.39 is 5.97 Å². The molecule has 0 unspecified atom stereocenters. The first-order chi connectivity index (χ1) is 10.0. The van der Waals surface area contributed by atoms with Gasteiger partial charge >= 0.3 is 5.97 Å². The molecule has 0 spiro atoms. The number of carbonyl (C=O) groups is 2. The van der Waals surface area contributed by atoms with Gasteiger partial charge in [0.1, 0.15) is 0 Å². The first-order valence-electron chi connectivity index (χ1n) is 8.27. The van der Waals surface area contributed by atoms with Crippen molar-refractivity contribution in [2.45, 2.75) is 64.3 Å². The van der Waals surface area contributed by atoms with Crippen molar-refractivity contribution in [3.05, 3.63) is 0 Å². The molecule has 2 fully saturated rings. The number of aliphatic carboxylic acids is 1. The number of nitrogens with zero attached hydrogens (tertiary/aromatic N) is 1. The zero-order valence-corrected chi connectivity index (χ0v) is 13.1. The van der Waals surface area contributed by atoms with Crippen LogP contribution in [0.3, 0.4) is 0 Å². The van der Waals surface area contributed by atoms with Gasteiger partial charge in [0.15, 0.2) is 0 Å². The molecule has 2 saturated carbocycles. The number of rotatable bonds is 9. The Balaban J connectivity index is 1.73. The molecule has 0 aromatic rings. The lowest BCUT2D eigenvalue weighted by molar-refractivity contribution is -0.140. The smallest absolute Gasteiger partial charge is 0.303 e. The van der Waals surface area contributed by atoms with E-state index in [-0.39, 0.29) is 17.7 Å². The highest BCUT2D eigenvalue weighted by Gasteiger charge is 2.38. The van der Waals surface area contributed by atoms with Crippen molar-refractivity contribution < 1.29 is 14.7 Å². The van der Waals surface area contributed by atoms with Crippen molar-refractivity contribution in [3.8, 4) is 0 Å². The molecule has 2 rings (SSSR count). The minimum atomic E-state index is -0.782. The number of nitrogens with one attached hydrogen (secondary N) is 1. The third kappa shape index (κ3) is 4.99. The van der Waals surface area contributed by atoms with Gasteiger partial charge in [-0.25, -0.2) is 0 Å². The molecule has 5 heteroatoms. The van der Waals surface area contributed by atoms with Crippen molar-refractivity contribution in [1.82, 2.24) is 10.2 Å². The Morgan fingerprint density at radius 3 is 2.43 bits per heavy atom. The van der Waals surface area contributed by atoms with Crippen molar-refractivity contribution in [2.75, 3.05) is 19.6 Å². The zero-order chi connectivity index (χ0) is 15.3. The second-order valence-electron chi connectivity index (χ2n) is 6.66. The topological polar surface area (TPSA) is 69.6 Å². The summed E-state index contributed by atoms with van der Waals surface area (Å²) in [6.07, 6.45) is 6.90. The molecule has 2 N–H and O–H groups in total. The van der Waals surface area contributed by atoms with Gasteiger partial charge in [0.2, 0.25) is 5.91 Å². The molecule has 5 nitrogen and oxygen atoms in total. The maximum Gasteiger partial charge on any atom is 0.303 e. The maximum atomic E-state index is 12.1. The summed E-state index contributed by atoms with van der Waals surface area (Å²) in [5, 5.41) is 12.0. The van der Waals surface area contributed by atoms with Gasteiger partial charge in [-0.2, -0.15) is 0 Å². The number of carboxylic acid groups (broad SMARTS) is 1. The Morgan fingerprint density at radius 2 is 1.90 bits per heavy atom. The highest BCUT2D eigenvalue weighted by molar-refractivity contribution is 5.78. The van der Waals surface area contributed by atoms with Gasteiger partial charge in [-0.15, -0.1) is 0 Å². The monoisotopic (exact) mass is 296 g/mol. The number of amides is 1. The number of likely N-dealkylation sites (N-methyl/N-ethyl adjacent to an activating group) is 1. The molecular weight excluding hydrogens is 268 g/mol. The van der Waals surface area contributed by atoms with Crippen LogP contribution in [0.1, 0.15) is 58.3 Å². The third-order valence-electron chi connectivity index (χ3n) is 4.92. The summed E-state index contributed by atoms with van der Waals surface area (Å²) in [7, 11) is 0. The third-order valence-corrected chi connectivity index (χ3v) is 4.92. The molecular formula is C16H28N2O3. The van der Waals surface area contributed by atoms with E-state index in [1.165, 1.54) is 12.8 Å². The Labute approximate surface area is 127 Å². The van der Waals surface area contributed by atoms with Crippen molar-refractivity contribution in [1.29, 1.82) is 0 Å². The van der Waals surface area contributed by atoms with E-state index in [9.17, 15) is 9.59 Å². The van der Waals surface area contributed by atoms with Crippen LogP contribution in [0.5, 0.6) is 0 Å². The molecule has 0 aromatic carbocycles. The van der Waals surface area contributed by atoms with Crippen LogP contribution >= 0.6 is 0 Å². The Morgan fingerprint density at radius 1 is 1.24 bits per heavy atom. The average Bonchev–Trinajstić information content (AvgIpc) is 3.16. The molecule has 0 radical (unpaired) electrons. The normalized spacial score (nSPS) is 20.7. The van der Waals surface area contributed by atoms with E-state index >= 15 is 0 Å². The predicted octanol–water partition coefficient (Wildman–Crippen LogP) is 2.01. The van der Waals surface area contributed by atoms with Crippen LogP contribution in [0.2, 0.25) is 0 Å². The minimum absolute atomic E-state index is 0.0185. The summed E-state index contributed by atoms with van der Waals surface area (Å²) in [5.74, 6) is -0.763. The first-order valence-corrected chi connectivity index (χ1v) is 8.27. The van der Waals surface area contributed by atoms with Crippen molar-refractivity contribution in [3.63, 3.8) is 0 Å². The molecule has 21 heavy (non-hydrogen) atoms. The average molecular weight is 296 g/mol. The summed E-state index contributed by atoms with van der Waals surface area (Å²) in [6, 6.07) is 0.722. The van der Waals surface area contributed by atoms with E-state index in [1.807, 2.05) is 0 Å². The molecule has 2 aliphatic rings. The number of hydrogen-bond acceptors (Lipinski definition) is 3. The molecule has 0 saturated heterocycles. The zero-order valence-electron chi connectivity index (χ0n) is 13.1. The fraction of sp³-hybridized carbons (Fsp3) is 0.875. The quantitative estimate of drug-likeness (QED) is 0.683. The van der Waals surface area contributed by atoms with Gasteiger partial charge in [0, 0.05) is 25.6 Å². The maximum absolute atomic E-state index is 12.1. The fourth-order valence-electron chi connectivity index (χ4n) is 3.64. The van der Waals surface area contributed by atoms with Gasteiger partial charge < -0.3 is 10.4 Å². The summed E-state index contributed by atoms with van der Waals surface area (Å²) in [4.78, 5) is 25.6. The minimum Gasteiger partial charge on any atom is -0.481 e. The Hall–Kier alpha value is -1.10. The molecule has 120 valence electrons. The van der Waals surface area contributed by atoms with E-state index in [4.69, 9.17) is 5.11 Å². The molecule has 0 aliphatic heterocycles. The van der Waals surface area contributed by atoms with E-state index in [0.717, 1.165) is 44.8 Å². The molecule has 0 aromatic heterocycles. The van der Waals surface area contributed by atoms with Crippen molar-refractivity contribution >= 4 is 11.9 Å².